The predicted molar refractivity (Wildman–Crippen MR) is 107 cm³/mol. The quantitative estimate of drug-likeness (QED) is 0.745. The Balaban J connectivity index is 1.33. The van der Waals surface area contributed by atoms with E-state index in [1.165, 1.54) is 0 Å². The third-order valence-corrected chi connectivity index (χ3v) is 5.39. The van der Waals surface area contributed by atoms with Crippen LogP contribution in [0.4, 0.5) is 0 Å². The van der Waals surface area contributed by atoms with Crippen LogP contribution in [-0.4, -0.2) is 53.6 Å². The molecule has 2 amide bonds. The van der Waals surface area contributed by atoms with Crippen LogP contribution in [0.1, 0.15) is 63.7 Å². The summed E-state index contributed by atoms with van der Waals surface area (Å²) >= 11 is 0. The molecule has 1 aliphatic carbocycles. The molecule has 1 aromatic heterocycles. The number of hydrogen-bond donors (Lipinski definition) is 2. The Kier molecular flexibility index (Phi) is 5.84. The lowest BCUT2D eigenvalue weighted by Gasteiger charge is -2.59. The van der Waals surface area contributed by atoms with Gasteiger partial charge in [-0.05, 0) is 57.3 Å². The van der Waals surface area contributed by atoms with E-state index in [2.05, 4.69) is 34.5 Å². The number of carbonyl (C=O) groups is 2. The Morgan fingerprint density at radius 2 is 2.00 bits per heavy atom. The van der Waals surface area contributed by atoms with Crippen molar-refractivity contribution in [3.63, 3.8) is 0 Å². The molecule has 7 heteroatoms. The van der Waals surface area contributed by atoms with Crippen LogP contribution in [-0.2, 0) is 11.2 Å². The third kappa shape index (κ3) is 5.34. The molecule has 0 aromatic carbocycles. The molecule has 1 saturated carbocycles. The first-order chi connectivity index (χ1) is 13.0. The molecule has 1 aliphatic heterocycles. The highest BCUT2D eigenvalue weighted by molar-refractivity contribution is 5.91. The highest BCUT2D eigenvalue weighted by Gasteiger charge is 2.52. The first kappa shape index (κ1) is 20.8. The number of amides is 2. The van der Waals surface area contributed by atoms with Crippen molar-refractivity contribution >= 4 is 11.8 Å². The molecule has 2 N–H and O–H groups in total. The van der Waals surface area contributed by atoms with Gasteiger partial charge in [0.25, 0.3) is 5.91 Å². The van der Waals surface area contributed by atoms with Crippen molar-refractivity contribution in [1.29, 1.82) is 0 Å². The van der Waals surface area contributed by atoms with Gasteiger partial charge in [0.15, 0.2) is 0 Å². The molecular weight excluding hydrogens is 356 g/mol. The van der Waals surface area contributed by atoms with Crippen molar-refractivity contribution in [1.82, 2.24) is 20.7 Å². The van der Waals surface area contributed by atoms with Crippen molar-refractivity contribution in [3.05, 3.63) is 17.5 Å². The first-order valence-electron chi connectivity index (χ1n) is 10.3. The van der Waals surface area contributed by atoms with E-state index in [4.69, 9.17) is 4.52 Å². The van der Waals surface area contributed by atoms with E-state index in [0.717, 1.165) is 38.0 Å². The summed E-state index contributed by atoms with van der Waals surface area (Å²) in [7, 11) is 0. The van der Waals surface area contributed by atoms with E-state index in [9.17, 15) is 9.59 Å². The number of nitrogens with one attached hydrogen (secondary N) is 2. The summed E-state index contributed by atoms with van der Waals surface area (Å²) in [5, 5.41) is 9.95. The molecule has 0 radical (unpaired) electrons. The van der Waals surface area contributed by atoms with Crippen molar-refractivity contribution < 1.29 is 14.1 Å². The van der Waals surface area contributed by atoms with E-state index in [1.807, 2.05) is 20.8 Å². The zero-order valence-electron chi connectivity index (χ0n) is 17.8. The largest absolute Gasteiger partial charge is 0.351 e. The fraction of sp³-hybridized carbons (Fsp3) is 0.762. The molecule has 1 spiro atoms. The maximum absolute atomic E-state index is 12.2. The van der Waals surface area contributed by atoms with Crippen LogP contribution >= 0.6 is 0 Å². The molecule has 2 heterocycles. The van der Waals surface area contributed by atoms with Crippen LogP contribution < -0.4 is 10.6 Å². The van der Waals surface area contributed by atoms with E-state index >= 15 is 0 Å². The molecule has 3 rings (SSSR count). The molecule has 1 saturated heterocycles. The van der Waals surface area contributed by atoms with Crippen LogP contribution in [0.25, 0.3) is 0 Å². The van der Waals surface area contributed by atoms with Crippen molar-refractivity contribution in [2.45, 2.75) is 59.4 Å². The maximum atomic E-state index is 12.2. The number of carbonyl (C=O) groups excluding carboxylic acids is 2. The number of aromatic nitrogens is 1. The Bertz CT molecular complexity index is 705. The van der Waals surface area contributed by atoms with Gasteiger partial charge in [0, 0.05) is 31.2 Å². The lowest BCUT2D eigenvalue weighted by Crippen LogP contribution is -2.64. The number of hydrogen-bond acceptors (Lipinski definition) is 5. The minimum Gasteiger partial charge on any atom is -0.351 e. The van der Waals surface area contributed by atoms with Gasteiger partial charge in [-0.25, -0.2) is 0 Å². The van der Waals surface area contributed by atoms with Crippen LogP contribution in [0.3, 0.4) is 0 Å². The Labute approximate surface area is 167 Å². The minimum absolute atomic E-state index is 0.0920. The van der Waals surface area contributed by atoms with Gasteiger partial charge in [0.1, 0.15) is 0 Å². The van der Waals surface area contributed by atoms with E-state index in [-0.39, 0.29) is 17.4 Å². The second-order valence-electron chi connectivity index (χ2n) is 10.2. The van der Waals surface area contributed by atoms with E-state index < -0.39 is 0 Å². The van der Waals surface area contributed by atoms with Gasteiger partial charge < -0.3 is 15.2 Å². The maximum Gasteiger partial charge on any atom is 0.289 e. The summed E-state index contributed by atoms with van der Waals surface area (Å²) in [6, 6.07) is 1.74. The average molecular weight is 391 g/mol. The molecule has 0 unspecified atom stereocenters. The highest BCUT2D eigenvalue weighted by atomic mass is 16.5. The van der Waals surface area contributed by atoms with Gasteiger partial charge in [-0.15, -0.1) is 0 Å². The molecule has 7 nitrogen and oxygen atoms in total. The van der Waals surface area contributed by atoms with Crippen molar-refractivity contribution in [3.8, 4) is 0 Å². The zero-order valence-corrected chi connectivity index (χ0v) is 17.8. The summed E-state index contributed by atoms with van der Waals surface area (Å²) in [5.74, 6) is 1.19. The van der Waals surface area contributed by atoms with Gasteiger partial charge in [-0.2, -0.15) is 0 Å². The molecule has 1 aromatic rings. The number of nitrogens with zero attached hydrogens (tertiary/aromatic N) is 2. The van der Waals surface area contributed by atoms with Crippen molar-refractivity contribution in [2.24, 2.45) is 17.3 Å². The minimum atomic E-state index is -0.183. The number of likely N-dealkylation sites (tertiary alicyclic amines) is 1. The summed E-state index contributed by atoms with van der Waals surface area (Å²) in [6.45, 7) is 13.3. The van der Waals surface area contributed by atoms with E-state index in [1.54, 1.807) is 6.07 Å². The van der Waals surface area contributed by atoms with Gasteiger partial charge in [-0.3, -0.25) is 14.5 Å². The molecule has 28 heavy (non-hydrogen) atoms. The average Bonchev–Trinajstić information content (AvgIpc) is 2.92. The third-order valence-electron chi connectivity index (χ3n) is 5.39. The summed E-state index contributed by atoms with van der Waals surface area (Å²) in [6.07, 6.45) is 3.03. The molecule has 0 atom stereocenters. The monoisotopic (exact) mass is 390 g/mol. The Morgan fingerprint density at radius 1 is 1.32 bits per heavy atom. The second kappa shape index (κ2) is 7.85. The smallest absolute Gasteiger partial charge is 0.289 e. The lowest BCUT2D eigenvalue weighted by molar-refractivity contribution is -0.133. The molecule has 0 bridgehead atoms. The Hall–Kier alpha value is -1.89. The van der Waals surface area contributed by atoms with Crippen LogP contribution in [0.5, 0.6) is 0 Å². The zero-order chi connectivity index (χ0) is 20.5. The topological polar surface area (TPSA) is 87.5 Å². The lowest BCUT2D eigenvalue weighted by atomic mass is 9.57. The molecule has 2 fully saturated rings. The summed E-state index contributed by atoms with van der Waals surface area (Å²) in [4.78, 5) is 26.4. The fourth-order valence-corrected chi connectivity index (χ4v) is 4.50. The van der Waals surface area contributed by atoms with Crippen LogP contribution in [0.2, 0.25) is 0 Å². The number of rotatable bonds is 7. The summed E-state index contributed by atoms with van der Waals surface area (Å²) in [5.41, 5.74) is 1.000. The van der Waals surface area contributed by atoms with Crippen molar-refractivity contribution in [2.75, 3.05) is 26.2 Å². The molecular formula is C21H34N4O3. The molecule has 2 aliphatic rings. The summed E-state index contributed by atoms with van der Waals surface area (Å²) < 4.78 is 5.16. The SMILES string of the molecule is CC(C)Cc1cc(C(=O)NCC2CC3(C2)CN(CC(=O)NC(C)(C)C)C3)on1. The highest BCUT2D eigenvalue weighted by Crippen LogP contribution is 2.51. The molecule has 156 valence electrons. The fourth-order valence-electron chi connectivity index (χ4n) is 4.50. The van der Waals surface area contributed by atoms with E-state index in [0.29, 0.717) is 36.1 Å². The van der Waals surface area contributed by atoms with Gasteiger partial charge >= 0.3 is 0 Å². The Morgan fingerprint density at radius 3 is 2.61 bits per heavy atom. The van der Waals surface area contributed by atoms with Gasteiger partial charge in [0.2, 0.25) is 11.7 Å². The van der Waals surface area contributed by atoms with Gasteiger partial charge in [0.05, 0.1) is 12.2 Å². The van der Waals surface area contributed by atoms with Crippen LogP contribution in [0.15, 0.2) is 10.6 Å². The standard InChI is InChI=1S/C21H34N4O3/c1-14(2)6-16-7-17(28-24-16)19(27)22-10-15-8-21(9-15)12-25(13-21)11-18(26)23-20(3,4)5/h7,14-15H,6,8-13H2,1-5H3,(H,22,27)(H,23,26). The second-order valence-corrected chi connectivity index (χ2v) is 10.2. The van der Waals surface area contributed by atoms with Gasteiger partial charge in [-0.1, -0.05) is 19.0 Å². The predicted octanol–water partition coefficient (Wildman–Crippen LogP) is 2.23. The normalized spacial score (nSPS) is 19.4. The van der Waals surface area contributed by atoms with Crippen LogP contribution in [0, 0.1) is 17.3 Å². The first-order valence-corrected chi connectivity index (χ1v) is 10.3.